The summed E-state index contributed by atoms with van der Waals surface area (Å²) < 4.78 is 0. The highest BCUT2D eigenvalue weighted by molar-refractivity contribution is 7.13. The molecule has 0 bridgehead atoms. The molecule has 4 rings (SSSR count). The van der Waals surface area contributed by atoms with Crippen LogP contribution in [0.3, 0.4) is 0 Å². The van der Waals surface area contributed by atoms with Crippen molar-refractivity contribution in [1.29, 1.82) is 0 Å². The fraction of sp³-hybridized carbons (Fsp3) is 0.227. The van der Waals surface area contributed by atoms with Gasteiger partial charge in [0.1, 0.15) is 11.0 Å². The number of nitrogens with zero attached hydrogens (tertiary/aromatic N) is 1. The predicted molar refractivity (Wildman–Crippen MR) is 109 cm³/mol. The number of carbonyl (C=O) groups is 1. The molecule has 1 atom stereocenters. The maximum Gasteiger partial charge on any atom is 0.267 e. The van der Waals surface area contributed by atoms with Crippen molar-refractivity contribution in [1.82, 2.24) is 4.90 Å². The van der Waals surface area contributed by atoms with Crippen molar-refractivity contribution >= 4 is 22.9 Å². The Labute approximate surface area is 158 Å². The second-order valence-corrected chi connectivity index (χ2v) is 7.87. The molecule has 3 aromatic rings. The molecule has 0 aliphatic carbocycles. The number of fused-ring (bicyclic) bond motifs is 1. The summed E-state index contributed by atoms with van der Waals surface area (Å²) >= 11 is 1.52. The fourth-order valence-corrected chi connectivity index (χ4v) is 4.33. The van der Waals surface area contributed by atoms with Crippen molar-refractivity contribution < 1.29 is 4.79 Å². The molecule has 0 spiro atoms. The average Bonchev–Trinajstić information content (AvgIpc) is 3.06. The monoisotopic (exact) mass is 362 g/mol. The van der Waals surface area contributed by atoms with E-state index < -0.39 is 0 Å². The average molecular weight is 362 g/mol. The SMILES string of the molecule is Cc1ccc(CC2Nc3c(-c4ccc(C)cc4)csc3C(=O)N2C)cc1. The second kappa shape index (κ2) is 6.61. The molecule has 0 saturated heterocycles. The number of hydrogen-bond acceptors (Lipinski definition) is 3. The fourth-order valence-electron chi connectivity index (χ4n) is 3.30. The summed E-state index contributed by atoms with van der Waals surface area (Å²) in [5.74, 6) is 0.0965. The molecule has 1 N–H and O–H groups in total. The first-order chi connectivity index (χ1) is 12.5. The minimum absolute atomic E-state index is 0.0449. The first-order valence-corrected chi connectivity index (χ1v) is 9.68. The van der Waals surface area contributed by atoms with Crippen LogP contribution in [0.25, 0.3) is 11.1 Å². The largest absolute Gasteiger partial charge is 0.363 e. The highest BCUT2D eigenvalue weighted by atomic mass is 32.1. The highest BCUT2D eigenvalue weighted by Crippen LogP contribution is 2.40. The van der Waals surface area contributed by atoms with Crippen LogP contribution in [-0.2, 0) is 6.42 Å². The van der Waals surface area contributed by atoms with Crippen LogP contribution in [0.2, 0.25) is 0 Å². The molecule has 1 aromatic heterocycles. The summed E-state index contributed by atoms with van der Waals surface area (Å²) in [6.45, 7) is 4.17. The van der Waals surface area contributed by atoms with Crippen molar-refractivity contribution in [2.45, 2.75) is 26.4 Å². The Morgan fingerprint density at radius 1 is 1.00 bits per heavy atom. The molecule has 0 saturated carbocycles. The van der Waals surface area contributed by atoms with E-state index in [1.165, 1.54) is 28.0 Å². The van der Waals surface area contributed by atoms with E-state index in [1.54, 1.807) is 0 Å². The third kappa shape index (κ3) is 3.01. The molecular formula is C22H22N2OS. The van der Waals surface area contributed by atoms with Crippen molar-refractivity contribution in [3.05, 3.63) is 75.5 Å². The van der Waals surface area contributed by atoms with Gasteiger partial charge >= 0.3 is 0 Å². The van der Waals surface area contributed by atoms with Gasteiger partial charge in [-0.25, -0.2) is 0 Å². The minimum Gasteiger partial charge on any atom is -0.363 e. The molecule has 4 heteroatoms. The number of amides is 1. The Kier molecular flexibility index (Phi) is 4.29. The van der Waals surface area contributed by atoms with E-state index in [0.717, 1.165) is 28.1 Å². The van der Waals surface area contributed by atoms with Gasteiger partial charge in [-0.1, -0.05) is 59.7 Å². The van der Waals surface area contributed by atoms with Crippen LogP contribution in [0.5, 0.6) is 0 Å². The molecule has 2 heterocycles. The Bertz CT molecular complexity index is 941. The Morgan fingerprint density at radius 3 is 2.27 bits per heavy atom. The molecule has 2 aromatic carbocycles. The Balaban J connectivity index is 1.67. The molecular weight excluding hydrogens is 340 g/mol. The maximum atomic E-state index is 12.9. The maximum absolute atomic E-state index is 12.9. The lowest BCUT2D eigenvalue weighted by molar-refractivity contribution is 0.0742. The second-order valence-electron chi connectivity index (χ2n) is 6.99. The van der Waals surface area contributed by atoms with Crippen LogP contribution in [0.4, 0.5) is 5.69 Å². The van der Waals surface area contributed by atoms with Crippen molar-refractivity contribution in [3.8, 4) is 11.1 Å². The van der Waals surface area contributed by atoms with E-state index >= 15 is 0 Å². The van der Waals surface area contributed by atoms with Gasteiger partial charge in [0.15, 0.2) is 0 Å². The minimum atomic E-state index is -0.0449. The molecule has 1 aliphatic rings. The number of benzene rings is 2. The number of hydrogen-bond donors (Lipinski definition) is 1. The van der Waals surface area contributed by atoms with Gasteiger partial charge in [0, 0.05) is 24.4 Å². The predicted octanol–water partition coefficient (Wildman–Crippen LogP) is 5.10. The Morgan fingerprint density at radius 2 is 1.62 bits per heavy atom. The number of aryl methyl sites for hydroxylation is 2. The van der Waals surface area contributed by atoms with Crippen molar-refractivity contribution in [2.24, 2.45) is 0 Å². The molecule has 1 amide bonds. The summed E-state index contributed by atoms with van der Waals surface area (Å²) in [5, 5.41) is 5.70. The third-order valence-corrected chi connectivity index (χ3v) is 5.96. The number of carbonyl (C=O) groups excluding carboxylic acids is 1. The summed E-state index contributed by atoms with van der Waals surface area (Å²) in [6.07, 6.45) is 0.738. The van der Waals surface area contributed by atoms with Crippen LogP contribution in [0.15, 0.2) is 53.9 Å². The smallest absolute Gasteiger partial charge is 0.267 e. The number of rotatable bonds is 3. The summed E-state index contributed by atoms with van der Waals surface area (Å²) in [4.78, 5) is 15.5. The van der Waals surface area contributed by atoms with Gasteiger partial charge in [-0.15, -0.1) is 11.3 Å². The molecule has 0 radical (unpaired) electrons. The quantitative estimate of drug-likeness (QED) is 0.703. The van der Waals surface area contributed by atoms with E-state index in [2.05, 4.69) is 73.1 Å². The van der Waals surface area contributed by atoms with E-state index in [0.29, 0.717) is 0 Å². The van der Waals surface area contributed by atoms with Gasteiger partial charge < -0.3 is 10.2 Å². The zero-order valence-corrected chi connectivity index (χ0v) is 16.1. The summed E-state index contributed by atoms with van der Waals surface area (Å²) in [7, 11) is 1.88. The lowest BCUT2D eigenvalue weighted by Gasteiger charge is -2.34. The first kappa shape index (κ1) is 16.9. The van der Waals surface area contributed by atoms with Gasteiger partial charge in [0.05, 0.1) is 5.69 Å². The number of likely N-dealkylation sites (N-methyl/N-ethyl adjacent to an activating group) is 1. The zero-order chi connectivity index (χ0) is 18.3. The van der Waals surface area contributed by atoms with Crippen molar-refractivity contribution in [2.75, 3.05) is 12.4 Å². The van der Waals surface area contributed by atoms with Crippen LogP contribution < -0.4 is 5.32 Å². The zero-order valence-electron chi connectivity index (χ0n) is 15.2. The molecule has 26 heavy (non-hydrogen) atoms. The van der Waals surface area contributed by atoms with Gasteiger partial charge in [-0.3, -0.25) is 4.79 Å². The molecule has 3 nitrogen and oxygen atoms in total. The Hall–Kier alpha value is -2.59. The van der Waals surface area contributed by atoms with Gasteiger partial charge in [0.2, 0.25) is 0 Å². The summed E-state index contributed by atoms with van der Waals surface area (Å²) in [5.41, 5.74) is 6.94. The molecule has 0 fully saturated rings. The lowest BCUT2D eigenvalue weighted by Crippen LogP contribution is -2.47. The third-order valence-electron chi connectivity index (χ3n) is 5.00. The topological polar surface area (TPSA) is 32.3 Å². The highest BCUT2D eigenvalue weighted by Gasteiger charge is 2.32. The summed E-state index contributed by atoms with van der Waals surface area (Å²) in [6, 6.07) is 17.0. The number of anilines is 1. The van der Waals surface area contributed by atoms with Gasteiger partial charge in [0.25, 0.3) is 5.91 Å². The molecule has 132 valence electrons. The van der Waals surface area contributed by atoms with E-state index in [1.807, 2.05) is 11.9 Å². The molecule has 1 unspecified atom stereocenters. The molecule has 1 aliphatic heterocycles. The van der Waals surface area contributed by atoms with Crippen LogP contribution in [0.1, 0.15) is 26.4 Å². The van der Waals surface area contributed by atoms with E-state index in [9.17, 15) is 4.79 Å². The number of nitrogens with one attached hydrogen (secondary N) is 1. The van der Waals surface area contributed by atoms with Crippen LogP contribution >= 0.6 is 11.3 Å². The standard InChI is InChI=1S/C22H22N2OS/c1-14-4-8-16(9-5-14)12-19-23-20-18(17-10-6-15(2)7-11-17)13-26-21(20)22(25)24(19)3/h4-11,13,19,23H,12H2,1-3H3. The van der Waals surface area contributed by atoms with Crippen molar-refractivity contribution in [3.63, 3.8) is 0 Å². The lowest BCUT2D eigenvalue weighted by atomic mass is 10.0. The van der Waals surface area contributed by atoms with Crippen LogP contribution in [-0.4, -0.2) is 24.0 Å². The van der Waals surface area contributed by atoms with Crippen LogP contribution in [0, 0.1) is 13.8 Å². The van der Waals surface area contributed by atoms with Gasteiger partial charge in [-0.05, 0) is 25.0 Å². The van der Waals surface area contributed by atoms with E-state index in [-0.39, 0.29) is 12.1 Å². The van der Waals surface area contributed by atoms with Gasteiger partial charge in [-0.2, -0.15) is 0 Å². The normalized spacial score (nSPS) is 16.3. The number of thiophene rings is 1. The first-order valence-electron chi connectivity index (χ1n) is 8.80. The van der Waals surface area contributed by atoms with E-state index in [4.69, 9.17) is 0 Å².